The molecule has 2 heterocycles. The first-order valence-electron chi connectivity index (χ1n) is 9.23. The number of piperidine rings is 1. The summed E-state index contributed by atoms with van der Waals surface area (Å²) in [6.45, 7) is 6.61. The van der Waals surface area contributed by atoms with Gasteiger partial charge in [-0.15, -0.1) is 0 Å². The highest BCUT2D eigenvalue weighted by Crippen LogP contribution is 2.21. The van der Waals surface area contributed by atoms with E-state index in [4.69, 9.17) is 9.15 Å². The highest BCUT2D eigenvalue weighted by molar-refractivity contribution is 5.78. The molecule has 1 aliphatic rings. The summed E-state index contributed by atoms with van der Waals surface area (Å²) in [5.41, 5.74) is 2.24. The molecule has 1 amide bonds. The fourth-order valence-corrected chi connectivity index (χ4v) is 3.48. The Balaban J connectivity index is 1.67. The molecule has 1 aromatic heterocycles. The summed E-state index contributed by atoms with van der Waals surface area (Å²) >= 11 is 0. The number of benzene rings is 1. The van der Waals surface area contributed by atoms with Gasteiger partial charge in [-0.3, -0.25) is 4.79 Å². The van der Waals surface area contributed by atoms with Crippen molar-refractivity contribution < 1.29 is 13.9 Å². The third-order valence-electron chi connectivity index (χ3n) is 5.04. The molecule has 0 N–H and O–H groups in total. The van der Waals surface area contributed by atoms with Crippen molar-refractivity contribution in [2.24, 2.45) is 0 Å². The molecule has 0 spiro atoms. The molecule has 26 heavy (non-hydrogen) atoms. The number of nitrogens with zero attached hydrogens (tertiary/aromatic N) is 2. The van der Waals surface area contributed by atoms with E-state index in [1.807, 2.05) is 43.0 Å². The largest absolute Gasteiger partial charge is 0.483 e. The van der Waals surface area contributed by atoms with Crippen LogP contribution in [0, 0.1) is 13.8 Å². The van der Waals surface area contributed by atoms with Crippen LogP contribution in [0.1, 0.15) is 29.7 Å². The molecule has 5 heteroatoms. The number of aryl methyl sites for hydroxylation is 2. The van der Waals surface area contributed by atoms with Gasteiger partial charge in [0.1, 0.15) is 11.5 Å². The first-order chi connectivity index (χ1) is 12.5. The number of carbonyl (C=O) groups excluding carboxylic acids is 1. The van der Waals surface area contributed by atoms with Crippen molar-refractivity contribution >= 4 is 5.91 Å². The van der Waals surface area contributed by atoms with Gasteiger partial charge in [-0.1, -0.05) is 17.7 Å². The lowest BCUT2D eigenvalue weighted by Gasteiger charge is -2.37. The molecular formula is C21H28N2O3. The molecule has 1 saturated heterocycles. The van der Waals surface area contributed by atoms with E-state index in [0.717, 1.165) is 43.0 Å². The second-order valence-electron chi connectivity index (χ2n) is 7.19. The molecule has 0 aliphatic carbocycles. The van der Waals surface area contributed by atoms with Crippen LogP contribution in [0.2, 0.25) is 0 Å². The van der Waals surface area contributed by atoms with E-state index in [1.165, 1.54) is 5.56 Å². The van der Waals surface area contributed by atoms with Crippen molar-refractivity contribution in [3.63, 3.8) is 0 Å². The number of likely N-dealkylation sites (tertiary alicyclic amines) is 1. The average molecular weight is 356 g/mol. The van der Waals surface area contributed by atoms with Crippen molar-refractivity contribution in [1.29, 1.82) is 0 Å². The van der Waals surface area contributed by atoms with Gasteiger partial charge in [0.05, 0.1) is 12.8 Å². The van der Waals surface area contributed by atoms with Gasteiger partial charge < -0.3 is 19.0 Å². The van der Waals surface area contributed by atoms with Crippen molar-refractivity contribution in [3.8, 4) is 5.75 Å². The first kappa shape index (κ1) is 18.5. The highest BCUT2D eigenvalue weighted by Gasteiger charge is 2.28. The normalized spacial score (nSPS) is 15.8. The van der Waals surface area contributed by atoms with Crippen molar-refractivity contribution in [2.45, 2.75) is 39.3 Å². The minimum atomic E-state index is 0.0101. The van der Waals surface area contributed by atoms with Crippen LogP contribution in [0.15, 0.2) is 41.0 Å². The Morgan fingerprint density at radius 3 is 2.69 bits per heavy atom. The number of hydrogen-bond acceptors (Lipinski definition) is 4. The van der Waals surface area contributed by atoms with Crippen molar-refractivity contribution in [2.75, 3.05) is 26.7 Å². The molecular weight excluding hydrogens is 328 g/mol. The molecule has 0 unspecified atom stereocenters. The van der Waals surface area contributed by atoms with Gasteiger partial charge in [-0.2, -0.15) is 0 Å². The van der Waals surface area contributed by atoms with E-state index in [9.17, 15) is 4.79 Å². The van der Waals surface area contributed by atoms with E-state index in [2.05, 4.69) is 18.0 Å². The molecule has 140 valence electrons. The Labute approximate surface area is 155 Å². The maximum absolute atomic E-state index is 12.9. The number of ether oxygens (including phenoxy) is 1. The third kappa shape index (κ3) is 4.67. The van der Waals surface area contributed by atoms with Gasteiger partial charge in [0.15, 0.2) is 6.61 Å². The topological polar surface area (TPSA) is 45.9 Å². The van der Waals surface area contributed by atoms with E-state index in [-0.39, 0.29) is 18.6 Å². The van der Waals surface area contributed by atoms with Crippen LogP contribution >= 0.6 is 0 Å². The number of furan rings is 1. The van der Waals surface area contributed by atoms with E-state index in [0.29, 0.717) is 6.54 Å². The Morgan fingerprint density at radius 1 is 1.27 bits per heavy atom. The minimum absolute atomic E-state index is 0.0101. The second kappa shape index (κ2) is 8.41. The summed E-state index contributed by atoms with van der Waals surface area (Å²) in [5, 5.41) is 0. The lowest BCUT2D eigenvalue weighted by Crippen LogP contribution is -2.47. The van der Waals surface area contributed by atoms with Crippen LogP contribution in [0.25, 0.3) is 0 Å². The van der Waals surface area contributed by atoms with Crippen LogP contribution in [0.3, 0.4) is 0 Å². The van der Waals surface area contributed by atoms with Crippen molar-refractivity contribution in [3.05, 3.63) is 53.5 Å². The predicted molar refractivity (Wildman–Crippen MR) is 101 cm³/mol. The summed E-state index contributed by atoms with van der Waals surface area (Å²) < 4.78 is 11.3. The molecule has 1 aromatic carbocycles. The minimum Gasteiger partial charge on any atom is -0.483 e. The monoisotopic (exact) mass is 356 g/mol. The zero-order valence-electron chi connectivity index (χ0n) is 15.9. The molecule has 3 rings (SSSR count). The Hall–Kier alpha value is -2.27. The van der Waals surface area contributed by atoms with Crippen LogP contribution in [-0.4, -0.2) is 48.5 Å². The molecule has 1 fully saturated rings. The van der Waals surface area contributed by atoms with Crippen LogP contribution in [-0.2, 0) is 11.3 Å². The second-order valence-corrected chi connectivity index (χ2v) is 7.19. The molecule has 1 aliphatic heterocycles. The van der Waals surface area contributed by atoms with Crippen LogP contribution < -0.4 is 4.74 Å². The predicted octanol–water partition coefficient (Wildman–Crippen LogP) is 3.40. The lowest BCUT2D eigenvalue weighted by atomic mass is 10.0. The summed E-state index contributed by atoms with van der Waals surface area (Å²) in [7, 11) is 2.12. The number of hydrogen-bond donors (Lipinski definition) is 0. The molecule has 0 saturated carbocycles. The molecule has 2 aromatic rings. The summed E-state index contributed by atoms with van der Waals surface area (Å²) in [6.07, 6.45) is 3.61. The molecule has 5 nitrogen and oxygen atoms in total. The number of rotatable bonds is 6. The summed E-state index contributed by atoms with van der Waals surface area (Å²) in [4.78, 5) is 17.2. The van der Waals surface area contributed by atoms with Crippen molar-refractivity contribution in [1.82, 2.24) is 9.80 Å². The van der Waals surface area contributed by atoms with Crippen LogP contribution in [0.4, 0.5) is 0 Å². The van der Waals surface area contributed by atoms with E-state index in [1.54, 1.807) is 6.26 Å². The number of amides is 1. The fourth-order valence-electron chi connectivity index (χ4n) is 3.48. The smallest absolute Gasteiger partial charge is 0.261 e. The zero-order chi connectivity index (χ0) is 18.5. The Bertz CT molecular complexity index is 719. The van der Waals surface area contributed by atoms with Gasteiger partial charge in [0.25, 0.3) is 5.91 Å². The maximum Gasteiger partial charge on any atom is 0.261 e. The average Bonchev–Trinajstić information content (AvgIpc) is 3.13. The summed E-state index contributed by atoms with van der Waals surface area (Å²) in [5.74, 6) is 1.59. The first-order valence-corrected chi connectivity index (χ1v) is 9.23. The van der Waals surface area contributed by atoms with Gasteiger partial charge in [0, 0.05) is 6.04 Å². The zero-order valence-corrected chi connectivity index (χ0v) is 15.9. The third-order valence-corrected chi connectivity index (χ3v) is 5.04. The molecule has 0 radical (unpaired) electrons. The Kier molecular flexibility index (Phi) is 5.99. The lowest BCUT2D eigenvalue weighted by molar-refractivity contribution is -0.137. The Morgan fingerprint density at radius 2 is 2.04 bits per heavy atom. The molecule has 0 bridgehead atoms. The van der Waals surface area contributed by atoms with Gasteiger partial charge in [-0.25, -0.2) is 0 Å². The van der Waals surface area contributed by atoms with Crippen LogP contribution in [0.5, 0.6) is 5.75 Å². The fraction of sp³-hybridized carbons (Fsp3) is 0.476. The van der Waals surface area contributed by atoms with Gasteiger partial charge >= 0.3 is 0 Å². The van der Waals surface area contributed by atoms with E-state index >= 15 is 0 Å². The SMILES string of the molecule is Cc1ccc(OCC(=O)N(Cc2ccco2)C2CCN(C)CC2)c(C)c1. The van der Waals surface area contributed by atoms with E-state index < -0.39 is 0 Å². The highest BCUT2D eigenvalue weighted by atomic mass is 16.5. The summed E-state index contributed by atoms with van der Waals surface area (Å²) in [6, 6.07) is 10.0. The quantitative estimate of drug-likeness (QED) is 0.796. The standard InChI is InChI=1S/C21H28N2O3/c1-16-6-7-20(17(2)13-16)26-15-21(24)23(14-19-5-4-12-25-19)18-8-10-22(3)11-9-18/h4-7,12-13,18H,8-11,14-15H2,1-3H3. The molecule has 0 atom stereocenters. The van der Waals surface area contributed by atoms with Gasteiger partial charge in [-0.05, 0) is 70.6 Å². The van der Waals surface area contributed by atoms with Gasteiger partial charge in [0.2, 0.25) is 0 Å². The number of carbonyl (C=O) groups is 1. The maximum atomic E-state index is 12.9.